The Balaban J connectivity index is 0.000000852. The smallest absolute Gasteiger partial charge is 0.242 e. The normalized spacial score (nSPS) is 13.5. The highest BCUT2D eigenvalue weighted by Crippen LogP contribution is 2.34. The number of likely N-dealkylation sites (N-methyl/N-ethyl adjacent to an activating group) is 1. The van der Waals surface area contributed by atoms with Gasteiger partial charge in [0, 0.05) is 122 Å². The quantitative estimate of drug-likeness (QED) is 0.0249. The highest BCUT2D eigenvalue weighted by Gasteiger charge is 2.41. The summed E-state index contributed by atoms with van der Waals surface area (Å²) in [4.78, 5) is 180. The lowest BCUT2D eigenvalue weighted by Crippen LogP contribution is -2.54. The molecule has 736 valence electrons. The predicted molar refractivity (Wildman–Crippen MR) is 519 cm³/mol. The molecule has 0 radical (unpaired) electrons. The molecule has 36 heteroatoms. The molecule has 2 fully saturated rings. The van der Waals surface area contributed by atoms with Crippen LogP contribution in [0, 0.1) is 5.92 Å². The molecule has 8 rings (SSSR count). The zero-order chi connectivity index (χ0) is 98.1. The lowest BCUT2D eigenvalue weighted by molar-refractivity contribution is -0.148. The van der Waals surface area contributed by atoms with E-state index in [0.29, 0.717) is 77.6 Å². The molecular formula is C99H141N17O18S. The lowest BCUT2D eigenvalue weighted by Gasteiger charge is -2.33. The van der Waals surface area contributed by atoms with Crippen molar-refractivity contribution in [2.75, 3.05) is 199 Å². The van der Waals surface area contributed by atoms with Crippen LogP contribution in [0.3, 0.4) is 0 Å². The van der Waals surface area contributed by atoms with Crippen molar-refractivity contribution in [1.82, 2.24) is 65.4 Å². The fraction of sp³-hybridized carbons (Fsp3) is 0.495. The van der Waals surface area contributed by atoms with E-state index in [1.165, 1.54) is 79.4 Å². The molecule has 6 aromatic carbocycles. The number of nitrogens with two attached hydrogens (primary N) is 4. The van der Waals surface area contributed by atoms with Gasteiger partial charge in [0.05, 0.1) is 119 Å². The minimum Gasteiger partial charge on any atom is -0.497 e. The molecule has 2 aliphatic rings. The van der Waals surface area contributed by atoms with Crippen LogP contribution in [-0.2, 0) is 96.1 Å². The summed E-state index contributed by atoms with van der Waals surface area (Å²) >= 11 is 2.02. The Labute approximate surface area is 798 Å². The van der Waals surface area contributed by atoms with Gasteiger partial charge in [-0.05, 0) is 170 Å². The maximum absolute atomic E-state index is 15.4. The second-order valence-corrected chi connectivity index (χ2v) is 34.5. The van der Waals surface area contributed by atoms with Crippen LogP contribution in [0.2, 0.25) is 0 Å². The Morgan fingerprint density at radius 2 is 0.659 bits per heavy atom. The van der Waals surface area contributed by atoms with Gasteiger partial charge in [-0.1, -0.05) is 99.1 Å². The summed E-state index contributed by atoms with van der Waals surface area (Å²) < 4.78 is 32.3. The molecule has 12 N–H and O–H groups in total. The standard InChI is InChI=1S/C81H109N13O16.C18H32N4O2S/c1-60(95)86(48-39-82)52-74(97)88(43-34-62-11-23-68(106-4)24-12-62)54-76(99)91(46-37-65-17-29-71(109-7)30-18-65)56-80(103)94(50-41-84)59-79(102)90(45-36-64-15-27-70(108-6)28-16-64)55-77(100)92(47-38-66-19-31-72(110-8)32-20-66)57-81(104)93(49-40-83)58-78(101)89(44-35-63-13-25-69(107-5)26-14-63)53-75(98)87(51-73(96)85-2)42-33-61-9-21-67(105-3)22-10-61;1-12(18(19)24)7-5-6-10-20-16(23)9-4-3-8-15-17-14(11-25-15)21-13(2)22-17/h9-32H,33-59,82-84H2,1-8H3,(H,85,96);12,14-15,17,21-22H,2-11H2,1H3,(H2,19,24)(H,20,23)/t;12-,14+,15?,17+/m.0/s1. The van der Waals surface area contributed by atoms with Gasteiger partial charge >= 0.3 is 0 Å². The van der Waals surface area contributed by atoms with Gasteiger partial charge in [0.25, 0.3) is 0 Å². The van der Waals surface area contributed by atoms with Crippen molar-refractivity contribution in [1.29, 1.82) is 0 Å². The third-order valence-corrected chi connectivity index (χ3v) is 25.2. The number of benzene rings is 6. The van der Waals surface area contributed by atoms with Gasteiger partial charge in [0.1, 0.15) is 34.5 Å². The number of rotatable bonds is 59. The van der Waals surface area contributed by atoms with E-state index < -0.39 is 99.0 Å². The molecule has 0 aliphatic carbocycles. The molecular weight excluding hydrogens is 1750 g/mol. The van der Waals surface area contributed by atoms with E-state index in [4.69, 9.17) is 51.4 Å². The third-order valence-electron chi connectivity index (χ3n) is 23.7. The molecule has 135 heavy (non-hydrogen) atoms. The number of carbonyl (C=O) groups is 12. The van der Waals surface area contributed by atoms with E-state index in [1.807, 2.05) is 91.5 Å². The first kappa shape index (κ1) is 109. The highest BCUT2D eigenvalue weighted by molar-refractivity contribution is 8.00. The molecule has 0 aromatic heterocycles. The number of nitrogens with one attached hydrogen (secondary N) is 4. The SMILES string of the molecule is C=C1N[C@@H]2CSC(CCCCC(=O)NCCCC[C@H](C)C(N)=O)[C@@H]2N1.CNC(=O)CN(CCc1ccc(OC)cc1)C(=O)CN(CCc1ccc(OC)cc1)C(=O)CN(CCN)C(=O)CN(CCc1ccc(OC)cc1)C(=O)CN(CCc1ccc(OC)cc1)C(=O)CN(CCN)C(=O)CN(CCc1ccc(OC)cc1)C(=O)CN(CCc1ccc(OC)cc1)C(=O)CN(CCN)C(C)=O. The minimum absolute atomic E-state index is 0.0168. The van der Waals surface area contributed by atoms with Crippen molar-refractivity contribution in [3.8, 4) is 34.5 Å². The van der Waals surface area contributed by atoms with Crippen molar-refractivity contribution in [2.24, 2.45) is 28.9 Å². The number of ether oxygens (including phenoxy) is 6. The van der Waals surface area contributed by atoms with Crippen LogP contribution < -0.4 is 72.6 Å². The second-order valence-electron chi connectivity index (χ2n) is 33.3. The van der Waals surface area contributed by atoms with Gasteiger partial charge in [0.2, 0.25) is 70.9 Å². The lowest BCUT2D eigenvalue weighted by atomic mass is 10.0. The highest BCUT2D eigenvalue weighted by atomic mass is 32.2. The van der Waals surface area contributed by atoms with Crippen molar-refractivity contribution in [3.63, 3.8) is 0 Å². The average Bonchev–Trinajstić information content (AvgIpc) is 1.67. The van der Waals surface area contributed by atoms with E-state index in [-0.39, 0.29) is 141 Å². The van der Waals surface area contributed by atoms with Crippen molar-refractivity contribution < 1.29 is 86.0 Å². The molecule has 2 saturated heterocycles. The predicted octanol–water partition coefficient (Wildman–Crippen LogP) is 4.06. The monoisotopic (exact) mass is 1890 g/mol. The molecule has 0 spiro atoms. The topological polar surface area (TPSA) is 442 Å². The fourth-order valence-corrected chi connectivity index (χ4v) is 16.8. The molecule has 1 unspecified atom stereocenters. The van der Waals surface area contributed by atoms with Crippen LogP contribution in [0.4, 0.5) is 0 Å². The molecule has 6 aromatic rings. The zero-order valence-corrected chi connectivity index (χ0v) is 80.7. The summed E-state index contributed by atoms with van der Waals surface area (Å²) in [6, 6.07) is 44.2. The number of amides is 12. The Hall–Kier alpha value is -12.7. The van der Waals surface area contributed by atoms with Crippen LogP contribution in [0.25, 0.3) is 0 Å². The van der Waals surface area contributed by atoms with Crippen molar-refractivity contribution >= 4 is 82.6 Å². The number of fused-ring (bicyclic) bond motifs is 1. The minimum atomic E-state index is -0.678. The fourth-order valence-electron chi connectivity index (χ4n) is 15.3. The largest absolute Gasteiger partial charge is 0.497 e. The van der Waals surface area contributed by atoms with E-state index in [9.17, 15) is 38.4 Å². The number of methoxy groups -OCH3 is 6. The van der Waals surface area contributed by atoms with Gasteiger partial charge in [-0.15, -0.1) is 0 Å². The molecule has 2 heterocycles. The Morgan fingerprint density at radius 1 is 0.385 bits per heavy atom. The second kappa shape index (κ2) is 59.2. The van der Waals surface area contributed by atoms with Gasteiger partial charge in [-0.3, -0.25) is 57.5 Å². The Kier molecular flexibility index (Phi) is 47.9. The first-order valence-electron chi connectivity index (χ1n) is 46.0. The summed E-state index contributed by atoms with van der Waals surface area (Å²) in [5, 5.41) is 13.0. The van der Waals surface area contributed by atoms with Crippen LogP contribution in [0.5, 0.6) is 34.5 Å². The third kappa shape index (κ3) is 38.3. The summed E-state index contributed by atoms with van der Waals surface area (Å²) in [6.45, 7) is 2.93. The van der Waals surface area contributed by atoms with Crippen LogP contribution in [0.15, 0.2) is 158 Å². The van der Waals surface area contributed by atoms with E-state index in [0.717, 1.165) is 83.5 Å². The number of carbonyl (C=O) groups excluding carboxylic acids is 12. The van der Waals surface area contributed by atoms with Crippen LogP contribution in [0.1, 0.15) is 92.2 Å². The van der Waals surface area contributed by atoms with E-state index in [1.54, 1.807) is 94.1 Å². The van der Waals surface area contributed by atoms with Crippen molar-refractivity contribution in [3.05, 3.63) is 191 Å². The van der Waals surface area contributed by atoms with E-state index >= 15 is 19.2 Å². The summed E-state index contributed by atoms with van der Waals surface area (Å²) in [7, 11) is 10.7. The van der Waals surface area contributed by atoms with Crippen LogP contribution in [-0.4, -0.2) is 332 Å². The number of nitrogens with zero attached hydrogens (tertiary/aromatic N) is 9. The molecule has 12 amide bonds. The molecule has 35 nitrogen and oxygen atoms in total. The maximum atomic E-state index is 15.4. The molecule has 0 saturated carbocycles. The molecule has 2 aliphatic heterocycles. The number of thioether (sulfide) groups is 1. The summed E-state index contributed by atoms with van der Waals surface area (Å²) in [6.07, 6.45) is 8.03. The summed E-state index contributed by atoms with van der Waals surface area (Å²) in [5.74, 6) is -0.265. The molecule has 0 bridgehead atoms. The van der Waals surface area contributed by atoms with Gasteiger partial charge in [0.15, 0.2) is 0 Å². The summed E-state index contributed by atoms with van der Waals surface area (Å²) in [5.41, 5.74) is 28.3. The number of hydrogen-bond donors (Lipinski definition) is 8. The van der Waals surface area contributed by atoms with Crippen molar-refractivity contribution in [2.45, 2.75) is 115 Å². The Bertz CT molecular complexity index is 4730. The maximum Gasteiger partial charge on any atom is 0.242 e. The van der Waals surface area contributed by atoms with Gasteiger partial charge < -0.3 is 117 Å². The van der Waals surface area contributed by atoms with Crippen LogP contribution >= 0.6 is 11.8 Å². The number of primary amides is 1. The molecule has 4 atom stereocenters. The number of hydrogen-bond acceptors (Lipinski definition) is 24. The van der Waals surface area contributed by atoms with Gasteiger partial charge in [-0.2, -0.15) is 11.8 Å². The Morgan fingerprint density at radius 3 is 0.926 bits per heavy atom. The zero-order valence-electron chi connectivity index (χ0n) is 79.9. The average molecular weight is 1890 g/mol. The van der Waals surface area contributed by atoms with E-state index in [2.05, 4.69) is 27.8 Å². The van der Waals surface area contributed by atoms with Gasteiger partial charge in [-0.25, -0.2) is 0 Å². The first-order valence-corrected chi connectivity index (χ1v) is 47.0. The first-order chi connectivity index (χ1) is 65.0. The number of unbranched alkanes of at least 4 members (excludes halogenated alkanes) is 2.